The third kappa shape index (κ3) is 36.4. The van der Waals surface area contributed by atoms with E-state index in [0.717, 1.165) is 11.8 Å². The Balaban J connectivity index is 0.0000182. The van der Waals surface area contributed by atoms with Crippen LogP contribution in [-0.4, -0.2) is 262 Å². The van der Waals surface area contributed by atoms with Gasteiger partial charge in [0.05, 0.1) is 25.1 Å². The van der Waals surface area contributed by atoms with Gasteiger partial charge in [-0.1, -0.05) is 24.3 Å². The smallest absolute Gasteiger partial charge is 0.326 e. The van der Waals surface area contributed by atoms with Crippen molar-refractivity contribution >= 4 is 240 Å². The number of nitrogens with zero attached hydrogens (tertiary/aromatic N) is 1. The maximum atomic E-state index is 14.2. The van der Waals surface area contributed by atoms with Gasteiger partial charge in [0.15, 0.2) is 0 Å². The lowest BCUT2D eigenvalue weighted by Gasteiger charge is -2.30. The molecular weight excluding hydrogens is 1640 g/mol. The number of likely N-dealkylation sites (tertiary alicyclic amines) is 1. The Hall–Kier alpha value is -6.32. The number of carboxylic acids is 3. The highest BCUT2D eigenvalue weighted by Crippen LogP contribution is 2.21. The van der Waals surface area contributed by atoms with Crippen LogP contribution in [0.4, 0.5) is 0 Å². The van der Waals surface area contributed by atoms with Crippen LogP contribution in [0.2, 0.25) is 0 Å². The fraction of sp³-hybridized carbons (Fsp3) is 0.525. The normalized spacial score (nSPS) is 15.6. The van der Waals surface area contributed by atoms with Crippen molar-refractivity contribution in [2.45, 2.75) is 143 Å². The second-order valence-electron chi connectivity index (χ2n) is 22.8. The van der Waals surface area contributed by atoms with Gasteiger partial charge < -0.3 is 105 Å². The van der Waals surface area contributed by atoms with Gasteiger partial charge in [-0.05, 0) is 68.5 Å². The van der Waals surface area contributed by atoms with Crippen molar-refractivity contribution in [3.8, 4) is 11.5 Å². The molecule has 1 aliphatic rings. The van der Waals surface area contributed by atoms with Crippen LogP contribution in [0.15, 0.2) is 48.5 Å². The van der Waals surface area contributed by atoms with Crippen molar-refractivity contribution in [2.24, 2.45) is 5.73 Å². The van der Waals surface area contributed by atoms with Crippen LogP contribution in [0, 0.1) is 0 Å². The SMILES string of the molecule is C[C@H](NC(=O)[C@@H]1CCCN1C(=O)C(CC(=O)O)NC(=O)[C@H](CS)NC(=O)C(CS)NC(=O)[C@H](Cc1ccc(O)cc1)NC(=O)C(CCC(=O)O)NC(=O)[C@H](CS)NC(=O)[C@@H](N)CS)C(=O)N[C@@H](CS)C(=O)N[C@H](C(=O)NCC(=O)N[C@@H](CS)C(=O)N[C@@H](Cc1ccc(O)cc1)C(=O)O)[C@@H](C)O.SS.SS.SS. The average Bonchev–Trinajstić information content (AvgIpc) is 1.74. The Labute approximate surface area is 679 Å². The summed E-state index contributed by atoms with van der Waals surface area (Å²) in [5, 5.41) is 86.8. The molecule has 36 nitrogen and oxygen atoms in total. The molecule has 1 heterocycles. The monoisotopic (exact) mass is 1730 g/mol. The largest absolute Gasteiger partial charge is 0.508 e. The molecule has 3 rings (SSSR count). The predicted octanol–water partition coefficient (Wildman–Crippen LogP) is -4.66. The van der Waals surface area contributed by atoms with Crippen molar-refractivity contribution in [3.05, 3.63) is 59.7 Å². The first-order valence-electron chi connectivity index (χ1n) is 31.4. The summed E-state index contributed by atoms with van der Waals surface area (Å²) in [5.74, 6) is -20.2. The number of aliphatic hydroxyl groups is 1. The van der Waals surface area contributed by atoms with E-state index in [0.29, 0.717) is 11.1 Å². The van der Waals surface area contributed by atoms with Crippen molar-refractivity contribution < 1.29 is 107 Å². The summed E-state index contributed by atoms with van der Waals surface area (Å²) in [6.45, 7) is 1.31. The molecule has 14 atom stereocenters. The zero-order valence-corrected chi connectivity index (χ0v) is 67.6. The van der Waals surface area contributed by atoms with Crippen LogP contribution in [0.5, 0.6) is 11.5 Å². The van der Waals surface area contributed by atoms with Crippen molar-refractivity contribution in [2.75, 3.05) is 47.6 Å². The Morgan fingerprint density at radius 1 is 0.458 bits per heavy atom. The quantitative estimate of drug-likeness (QED) is 0.0219. The van der Waals surface area contributed by atoms with E-state index < -0.39 is 222 Å². The highest BCUT2D eigenvalue weighted by Gasteiger charge is 2.41. The van der Waals surface area contributed by atoms with E-state index in [4.69, 9.17) is 5.73 Å². The zero-order chi connectivity index (χ0) is 82.0. The average molecular weight is 1730 g/mol. The van der Waals surface area contributed by atoms with E-state index in [1.54, 1.807) is 0 Å². The third-order valence-electron chi connectivity index (χ3n) is 15.0. The van der Waals surface area contributed by atoms with Gasteiger partial charge in [-0.15, -0.1) is 70.0 Å². The van der Waals surface area contributed by atoms with Crippen LogP contribution in [0.25, 0.3) is 0 Å². The van der Waals surface area contributed by atoms with Gasteiger partial charge in [0.2, 0.25) is 76.8 Å². The number of amides is 13. The van der Waals surface area contributed by atoms with Gasteiger partial charge in [-0.2, -0.15) is 75.8 Å². The van der Waals surface area contributed by atoms with Crippen LogP contribution in [0.1, 0.15) is 57.1 Å². The molecule has 1 saturated heterocycles. The number of carboxylic acid groups (broad SMARTS) is 3. The van der Waals surface area contributed by atoms with Crippen molar-refractivity contribution in [1.82, 2.24) is 68.7 Å². The predicted molar refractivity (Wildman–Crippen MR) is 432 cm³/mol. The van der Waals surface area contributed by atoms with E-state index in [1.807, 2.05) is 0 Å². The molecule has 13 amide bonds. The number of phenolic OH excluding ortho intramolecular Hbond substituents is 2. The summed E-state index contributed by atoms with van der Waals surface area (Å²) in [6, 6.07) is -9.24. The zero-order valence-electron chi connectivity index (χ0n) is 56.9. The number of hydrogen-bond donors (Lipinski definition) is 31. The molecule has 0 aliphatic carbocycles. The number of hydrogen-bond acceptors (Lipinski definition) is 32. The van der Waals surface area contributed by atoms with Crippen LogP contribution < -0.4 is 69.5 Å². The second-order valence-corrected chi connectivity index (χ2v) is 25.0. The van der Waals surface area contributed by atoms with Crippen LogP contribution >= 0.6 is 146 Å². The number of aliphatic hydroxyl groups excluding tert-OH is 1. The lowest BCUT2D eigenvalue weighted by atomic mass is 10.0. The van der Waals surface area contributed by atoms with E-state index >= 15 is 0 Å². The summed E-state index contributed by atoms with van der Waals surface area (Å²) in [6.07, 6.45) is -4.33. The summed E-state index contributed by atoms with van der Waals surface area (Å²) in [4.78, 5) is 212. The number of benzene rings is 2. The number of thiol groups is 12. The first-order chi connectivity index (χ1) is 50.6. The molecule has 48 heteroatoms. The highest BCUT2D eigenvalue weighted by atomic mass is 33.1. The number of carbonyl (C=O) groups excluding carboxylic acids is 13. The molecule has 20 N–H and O–H groups in total. The van der Waals surface area contributed by atoms with E-state index in [1.165, 1.54) is 55.5 Å². The number of rotatable bonds is 42. The molecular formula is C59H90N14O22S12. The summed E-state index contributed by atoms with van der Waals surface area (Å²) in [7, 11) is 0. The van der Waals surface area contributed by atoms with Gasteiger partial charge in [0.25, 0.3) is 0 Å². The molecule has 0 bridgehead atoms. The maximum Gasteiger partial charge on any atom is 0.326 e. The minimum atomic E-state index is -1.91. The topological polar surface area (TPSA) is 568 Å². The van der Waals surface area contributed by atoms with Gasteiger partial charge in [0.1, 0.15) is 84.0 Å². The minimum Gasteiger partial charge on any atom is -0.508 e. The van der Waals surface area contributed by atoms with Crippen molar-refractivity contribution in [3.63, 3.8) is 0 Å². The van der Waals surface area contributed by atoms with Crippen molar-refractivity contribution in [1.29, 1.82) is 0 Å². The molecule has 3 unspecified atom stereocenters. The Morgan fingerprint density at radius 3 is 1.25 bits per heavy atom. The number of aliphatic carboxylic acids is 3. The lowest BCUT2D eigenvalue weighted by Crippen LogP contribution is -2.61. The molecule has 0 saturated carbocycles. The molecule has 1 fully saturated rings. The maximum absolute atomic E-state index is 14.2. The van der Waals surface area contributed by atoms with Gasteiger partial charge in [0, 0.05) is 60.3 Å². The summed E-state index contributed by atoms with van der Waals surface area (Å²) < 4.78 is 0. The molecule has 600 valence electrons. The summed E-state index contributed by atoms with van der Waals surface area (Å²) >= 11 is 43.9. The van der Waals surface area contributed by atoms with Crippen LogP contribution in [-0.2, 0) is 89.6 Å². The van der Waals surface area contributed by atoms with Gasteiger partial charge in [-0.3, -0.25) is 71.9 Å². The number of aromatic hydroxyl groups is 2. The number of nitrogens with one attached hydrogen (secondary N) is 12. The fourth-order valence-corrected chi connectivity index (χ4v) is 10.8. The Morgan fingerprint density at radius 2 is 0.832 bits per heavy atom. The van der Waals surface area contributed by atoms with Gasteiger partial charge in [-0.25, -0.2) is 4.79 Å². The molecule has 0 aromatic heterocycles. The minimum absolute atomic E-state index is 0.0362. The summed E-state index contributed by atoms with van der Waals surface area (Å²) in [5.41, 5.74) is 6.48. The lowest BCUT2D eigenvalue weighted by molar-refractivity contribution is -0.146. The molecule has 2 aromatic rings. The Bertz CT molecular complexity index is 3310. The molecule has 2 aromatic carbocycles. The Kier molecular flexibility index (Phi) is 51.1. The molecule has 0 spiro atoms. The second kappa shape index (κ2) is 54.3. The van der Waals surface area contributed by atoms with E-state index in [2.05, 4.69) is 210 Å². The first kappa shape index (κ1) is 101. The molecule has 107 heavy (non-hydrogen) atoms. The highest BCUT2D eigenvalue weighted by molar-refractivity contribution is 8.60. The standard InChI is InChI=1S/C59H84N14O22S6.3H2S2/c1-26(47(82)68-41(25-101)55(90)72-46(27(2)74)57(92)61-19-43(77)63-37(21-97)51(86)67-36(59(94)95)17-29-7-11-31(76)12-8-29)62-56(91)42-4-3-15-73(42)58(93)35(18-45(80)81)66-53(88)39(23-99)71-54(89)40(24-100)70-50(85)34(16-28-5-9-30(75)10-6-28)65-49(84)33(13-14-44(78)79)64-52(87)38(22-98)69-48(83)32(60)20-96;3*1-2/h5-12,26-27,32-42,46,74-76,96-101H,3-4,13-25,60H2,1-2H3,(H,61,92)(H,62,91)(H,63,77)(H,64,87)(H,65,84)(H,66,88)(H,67,86)(H,68,82)(H,69,83)(H,70,85)(H,71,89)(H,72,90)(H,78,79)(H,80,81)(H,94,95);3*1-2H/t26-,27+,32-,33?,34-,35?,36-,37-,38-,39-,40?,41-,42-,46-;;;/m0.../s1. The number of phenols is 2. The fourth-order valence-electron chi connectivity index (χ4n) is 9.38. The third-order valence-corrected chi connectivity index (χ3v) is 17.2. The number of carbonyl (C=O) groups is 16. The molecule has 1 aliphatic heterocycles. The van der Waals surface area contributed by atoms with Gasteiger partial charge >= 0.3 is 17.9 Å². The first-order valence-corrected chi connectivity index (χ1v) is 40.0. The van der Waals surface area contributed by atoms with Crippen LogP contribution in [0.3, 0.4) is 0 Å². The van der Waals surface area contributed by atoms with E-state index in [-0.39, 0.29) is 61.0 Å². The number of nitrogens with two attached hydrogens (primary N) is 1. The van der Waals surface area contributed by atoms with E-state index in [9.17, 15) is 107 Å². The molecule has 0 radical (unpaired) electrons.